The molecule has 54 heavy (non-hydrogen) atoms. The molecular weight excluding hydrogens is 688 g/mol. The van der Waals surface area contributed by atoms with E-state index in [1.165, 1.54) is 0 Å². The summed E-state index contributed by atoms with van der Waals surface area (Å²) < 4.78 is 20.9. The van der Waals surface area contributed by atoms with Crippen molar-refractivity contribution < 1.29 is 38.1 Å². The maximum absolute atomic E-state index is 11.3. The molecular formula is C42H88N4O8. The van der Waals surface area contributed by atoms with E-state index < -0.39 is 0 Å². The molecule has 0 radical (unpaired) electrons. The first-order valence-corrected chi connectivity index (χ1v) is 20.5. The zero-order valence-corrected chi connectivity index (χ0v) is 37.8. The molecule has 4 N–H and O–H groups in total. The molecule has 0 heterocycles. The highest BCUT2D eigenvalue weighted by molar-refractivity contribution is 5.77. The van der Waals surface area contributed by atoms with Gasteiger partial charge >= 0.3 is 0 Å². The summed E-state index contributed by atoms with van der Waals surface area (Å²) in [6, 6.07) is 0. The molecule has 0 rings (SSSR count). The van der Waals surface area contributed by atoms with Crippen LogP contribution in [0.2, 0.25) is 0 Å². The van der Waals surface area contributed by atoms with Crippen molar-refractivity contribution in [2.75, 3.05) is 65.8 Å². The Morgan fingerprint density at radius 1 is 0.407 bits per heavy atom. The molecule has 0 aromatic heterocycles. The van der Waals surface area contributed by atoms with E-state index in [-0.39, 0.29) is 49.1 Å². The second kappa shape index (κ2) is 40.4. The molecule has 0 aliphatic rings. The first kappa shape index (κ1) is 58.4. The van der Waals surface area contributed by atoms with Crippen molar-refractivity contribution >= 4 is 23.6 Å². The van der Waals surface area contributed by atoms with Crippen molar-refractivity contribution in [1.82, 2.24) is 21.3 Å². The fourth-order valence-electron chi connectivity index (χ4n) is 3.40. The lowest BCUT2D eigenvalue weighted by Crippen LogP contribution is -2.31. The monoisotopic (exact) mass is 777 g/mol. The van der Waals surface area contributed by atoms with Crippen molar-refractivity contribution in [2.45, 2.75) is 149 Å². The number of amides is 4. The topological polar surface area (TPSA) is 153 Å². The van der Waals surface area contributed by atoms with E-state index in [0.717, 1.165) is 39.1 Å². The lowest BCUT2D eigenvalue weighted by molar-refractivity contribution is -0.127. The van der Waals surface area contributed by atoms with E-state index in [0.29, 0.717) is 74.7 Å². The van der Waals surface area contributed by atoms with Gasteiger partial charge in [-0.2, -0.15) is 0 Å². The van der Waals surface area contributed by atoms with Gasteiger partial charge in [-0.3, -0.25) is 19.2 Å². The van der Waals surface area contributed by atoms with E-state index in [9.17, 15) is 19.2 Å². The van der Waals surface area contributed by atoms with Crippen LogP contribution in [-0.2, 0) is 38.1 Å². The fourth-order valence-corrected chi connectivity index (χ4v) is 3.40. The molecule has 0 aliphatic carbocycles. The Bertz CT molecular complexity index is 780. The van der Waals surface area contributed by atoms with Crippen LogP contribution < -0.4 is 21.3 Å². The standard InChI is InChI=1S/C12H25NO2.C11H23NO3.C10H21NO.C9H19NO2/c1-10(2)5-6-12(14)13-7-8-15-9-11(3)4;1-9(2)7-14-6-5-12-11(13)8-15-10(3)4;1-8(2)5-6-10(12)11-7-9(3)4;1-7(2)5-10-9(11)6-12-8(3)4/h10-11H,5-9H2,1-4H3,(H,13,14);9-10H,5-8H2,1-4H3,(H,12,13);8-9H,5-7H2,1-4H3,(H,11,12);7-8H,5-6H2,1-4H3,(H,10,11). The van der Waals surface area contributed by atoms with Crippen LogP contribution in [0.5, 0.6) is 0 Å². The van der Waals surface area contributed by atoms with E-state index in [1.54, 1.807) is 0 Å². The molecule has 0 aromatic carbocycles. The van der Waals surface area contributed by atoms with Crippen molar-refractivity contribution in [1.29, 1.82) is 0 Å². The molecule has 0 bridgehead atoms. The Hall–Kier alpha value is -2.28. The number of nitrogens with one attached hydrogen (secondary N) is 4. The van der Waals surface area contributed by atoms with Crippen LogP contribution in [0.1, 0.15) is 136 Å². The summed E-state index contributed by atoms with van der Waals surface area (Å²) >= 11 is 0. The lowest BCUT2D eigenvalue weighted by Gasteiger charge is -2.09. The van der Waals surface area contributed by atoms with Crippen molar-refractivity contribution in [3.63, 3.8) is 0 Å². The Balaban J connectivity index is -0.000000310. The molecule has 0 saturated heterocycles. The third kappa shape index (κ3) is 61.7. The van der Waals surface area contributed by atoms with Gasteiger partial charge in [0.1, 0.15) is 13.2 Å². The number of rotatable bonds is 26. The van der Waals surface area contributed by atoms with Crippen molar-refractivity contribution in [3.05, 3.63) is 0 Å². The maximum atomic E-state index is 11.3. The molecule has 324 valence electrons. The molecule has 0 saturated carbocycles. The molecule has 0 fully saturated rings. The Labute approximate surface area is 332 Å². The summed E-state index contributed by atoms with van der Waals surface area (Å²) in [7, 11) is 0. The number of ether oxygens (including phenoxy) is 4. The van der Waals surface area contributed by atoms with Gasteiger partial charge < -0.3 is 40.2 Å². The van der Waals surface area contributed by atoms with Crippen LogP contribution in [-0.4, -0.2) is 102 Å². The fraction of sp³-hybridized carbons (Fsp3) is 0.905. The molecule has 0 unspecified atom stereocenters. The highest BCUT2D eigenvalue weighted by Gasteiger charge is 2.06. The van der Waals surface area contributed by atoms with Crippen LogP contribution in [0.15, 0.2) is 0 Å². The maximum Gasteiger partial charge on any atom is 0.246 e. The largest absolute Gasteiger partial charge is 0.379 e. The minimum Gasteiger partial charge on any atom is -0.379 e. The van der Waals surface area contributed by atoms with Crippen LogP contribution in [0.25, 0.3) is 0 Å². The second-order valence-corrected chi connectivity index (χ2v) is 16.6. The first-order chi connectivity index (χ1) is 25.1. The number of hydrogen-bond donors (Lipinski definition) is 4. The number of carbonyl (C=O) groups is 4. The second-order valence-electron chi connectivity index (χ2n) is 16.6. The normalized spacial score (nSPS) is 11.0. The summed E-state index contributed by atoms with van der Waals surface area (Å²) in [6.45, 7) is 38.6. The summed E-state index contributed by atoms with van der Waals surface area (Å²) in [6.07, 6.45) is 3.46. The molecule has 0 atom stereocenters. The summed E-state index contributed by atoms with van der Waals surface area (Å²) in [5.74, 6) is 3.55. The number of carbonyl (C=O) groups excluding carboxylic acids is 4. The van der Waals surface area contributed by atoms with Gasteiger partial charge in [-0.1, -0.05) is 83.1 Å². The number of hydrogen-bond acceptors (Lipinski definition) is 8. The molecule has 12 heteroatoms. The molecule has 12 nitrogen and oxygen atoms in total. The van der Waals surface area contributed by atoms with Gasteiger partial charge in [0.05, 0.1) is 25.4 Å². The van der Waals surface area contributed by atoms with Gasteiger partial charge in [-0.15, -0.1) is 0 Å². The molecule has 0 spiro atoms. The van der Waals surface area contributed by atoms with Crippen molar-refractivity contribution in [3.8, 4) is 0 Å². The average molecular weight is 777 g/mol. The van der Waals surface area contributed by atoms with E-state index in [2.05, 4.69) is 104 Å². The van der Waals surface area contributed by atoms with Crippen LogP contribution in [0.4, 0.5) is 0 Å². The molecule has 4 amide bonds. The average Bonchev–Trinajstić information content (AvgIpc) is 3.06. The van der Waals surface area contributed by atoms with Gasteiger partial charge in [0.2, 0.25) is 23.6 Å². The molecule has 0 aliphatic heterocycles. The Kier molecular flexibility index (Phi) is 43.7. The minimum absolute atomic E-state index is 0.0302. The Morgan fingerprint density at radius 2 is 0.722 bits per heavy atom. The summed E-state index contributed by atoms with van der Waals surface area (Å²) in [5, 5.41) is 11.2. The van der Waals surface area contributed by atoms with Crippen molar-refractivity contribution in [2.24, 2.45) is 35.5 Å². The molecule has 0 aromatic rings. The zero-order valence-electron chi connectivity index (χ0n) is 37.8. The third-order valence-corrected chi connectivity index (χ3v) is 6.45. The van der Waals surface area contributed by atoms with Crippen LogP contribution in [0, 0.1) is 35.5 Å². The predicted octanol–water partition coefficient (Wildman–Crippen LogP) is 6.79. The van der Waals surface area contributed by atoms with Gasteiger partial charge in [0.25, 0.3) is 0 Å². The van der Waals surface area contributed by atoms with Gasteiger partial charge in [0.15, 0.2) is 0 Å². The minimum atomic E-state index is -0.0863. The quantitative estimate of drug-likeness (QED) is 0.0701. The van der Waals surface area contributed by atoms with Gasteiger partial charge in [-0.25, -0.2) is 0 Å². The van der Waals surface area contributed by atoms with E-state index in [4.69, 9.17) is 18.9 Å². The predicted molar refractivity (Wildman–Crippen MR) is 223 cm³/mol. The lowest BCUT2D eigenvalue weighted by atomic mass is 10.1. The van der Waals surface area contributed by atoms with E-state index >= 15 is 0 Å². The van der Waals surface area contributed by atoms with Gasteiger partial charge in [-0.05, 0) is 76.0 Å². The summed E-state index contributed by atoms with van der Waals surface area (Å²) in [4.78, 5) is 44.6. The highest BCUT2D eigenvalue weighted by Crippen LogP contribution is 2.03. The van der Waals surface area contributed by atoms with Crippen LogP contribution in [0.3, 0.4) is 0 Å². The summed E-state index contributed by atoms with van der Waals surface area (Å²) in [5.41, 5.74) is 0. The smallest absolute Gasteiger partial charge is 0.246 e. The Morgan fingerprint density at radius 3 is 1.04 bits per heavy atom. The van der Waals surface area contributed by atoms with Crippen LogP contribution >= 0.6 is 0 Å². The van der Waals surface area contributed by atoms with E-state index in [1.807, 2.05) is 27.7 Å². The zero-order chi connectivity index (χ0) is 42.5. The SMILES string of the molecule is CC(C)CCC(=O)NCC(C)C.CC(C)CCC(=O)NCCOCC(C)C.CC(C)CNC(=O)COC(C)C.CC(C)COCCNC(=O)COC(C)C. The third-order valence-electron chi connectivity index (χ3n) is 6.45. The van der Waals surface area contributed by atoms with Gasteiger partial charge in [0, 0.05) is 52.2 Å². The first-order valence-electron chi connectivity index (χ1n) is 20.5. The highest BCUT2D eigenvalue weighted by atomic mass is 16.5.